The number of rotatable bonds is 6. The molecule has 3 heterocycles. The lowest BCUT2D eigenvalue weighted by molar-refractivity contribution is -0.122. The summed E-state index contributed by atoms with van der Waals surface area (Å²) in [5, 5.41) is 6.06. The Kier molecular flexibility index (Phi) is 6.70. The molecule has 35 heavy (non-hydrogen) atoms. The number of hydrogen-bond donors (Lipinski definition) is 3. The zero-order valence-corrected chi connectivity index (χ0v) is 19.7. The minimum atomic E-state index is -0.836. The van der Waals surface area contributed by atoms with Crippen LogP contribution in [0.3, 0.4) is 0 Å². The van der Waals surface area contributed by atoms with Gasteiger partial charge in [-0.25, -0.2) is 18.7 Å². The molecule has 186 valence electrons. The molecular formula is C23H26ClF2N7O2. The van der Waals surface area contributed by atoms with Crippen LogP contribution >= 0.6 is 11.6 Å². The van der Waals surface area contributed by atoms with Gasteiger partial charge in [0.2, 0.25) is 17.8 Å². The molecule has 2 aromatic heterocycles. The summed E-state index contributed by atoms with van der Waals surface area (Å²) in [6, 6.07) is 2.06. The number of anilines is 3. The molecule has 0 bridgehead atoms. The highest BCUT2D eigenvalue weighted by atomic mass is 35.5. The Morgan fingerprint density at radius 3 is 2.54 bits per heavy atom. The van der Waals surface area contributed by atoms with Gasteiger partial charge in [-0.15, -0.1) is 0 Å². The van der Waals surface area contributed by atoms with E-state index in [1.165, 1.54) is 0 Å². The fourth-order valence-electron chi connectivity index (χ4n) is 4.82. The van der Waals surface area contributed by atoms with Crippen molar-refractivity contribution in [3.8, 4) is 0 Å². The fourth-order valence-corrected chi connectivity index (χ4v) is 5.02. The van der Waals surface area contributed by atoms with Gasteiger partial charge in [-0.1, -0.05) is 11.6 Å². The number of benzene rings is 1. The standard InChI is InChI=1S/C23H26ClF2N7O2/c24-13-8-16(25)19(17(26)9-13)31-23-30-18-10-28-22(29-14-2-1-7-35-11-14)32-21(18)33(23)15-5-3-12(4-6-15)20(27)34/h8-10,12,14-15H,1-7,11H2,(H2,27,34)(H,30,31)(H,28,29,32)/t12-,14-,15-/m1/s1. The maximum Gasteiger partial charge on any atom is 0.225 e. The van der Waals surface area contributed by atoms with Crippen LogP contribution in [0.25, 0.3) is 11.2 Å². The molecule has 5 rings (SSSR count). The highest BCUT2D eigenvalue weighted by molar-refractivity contribution is 6.30. The molecule has 1 aliphatic carbocycles. The van der Waals surface area contributed by atoms with Crippen LogP contribution in [0, 0.1) is 17.6 Å². The van der Waals surface area contributed by atoms with E-state index in [0.717, 1.165) is 31.6 Å². The van der Waals surface area contributed by atoms with Crippen molar-refractivity contribution in [1.82, 2.24) is 19.5 Å². The van der Waals surface area contributed by atoms with Crippen molar-refractivity contribution in [3.05, 3.63) is 35.0 Å². The smallest absolute Gasteiger partial charge is 0.225 e. The zero-order valence-electron chi connectivity index (χ0n) is 18.9. The molecule has 1 aliphatic heterocycles. The van der Waals surface area contributed by atoms with Crippen LogP contribution in [0.1, 0.15) is 44.6 Å². The van der Waals surface area contributed by atoms with E-state index in [2.05, 4.69) is 20.6 Å². The number of aromatic nitrogens is 4. The first-order valence-electron chi connectivity index (χ1n) is 11.7. The predicted octanol–water partition coefficient (Wildman–Crippen LogP) is 4.31. The van der Waals surface area contributed by atoms with E-state index in [-0.39, 0.29) is 40.6 Å². The van der Waals surface area contributed by atoms with Crippen LogP contribution in [0.15, 0.2) is 18.3 Å². The summed E-state index contributed by atoms with van der Waals surface area (Å²) in [6.45, 7) is 1.31. The number of nitrogens with zero attached hydrogens (tertiary/aromatic N) is 4. The Hall–Kier alpha value is -3.05. The molecular weight excluding hydrogens is 480 g/mol. The van der Waals surface area contributed by atoms with Crippen LogP contribution in [0.5, 0.6) is 0 Å². The molecule has 1 aromatic carbocycles. The second-order valence-electron chi connectivity index (χ2n) is 9.04. The molecule has 1 atom stereocenters. The van der Waals surface area contributed by atoms with Crippen molar-refractivity contribution in [3.63, 3.8) is 0 Å². The first-order valence-corrected chi connectivity index (χ1v) is 12.1. The largest absolute Gasteiger partial charge is 0.379 e. The van der Waals surface area contributed by atoms with Crippen LogP contribution in [-0.2, 0) is 9.53 Å². The Morgan fingerprint density at radius 1 is 1.14 bits per heavy atom. The van der Waals surface area contributed by atoms with Gasteiger partial charge in [-0.3, -0.25) is 9.36 Å². The highest BCUT2D eigenvalue weighted by Gasteiger charge is 2.30. The monoisotopic (exact) mass is 505 g/mol. The number of hydrogen-bond acceptors (Lipinski definition) is 7. The van der Waals surface area contributed by atoms with Crippen molar-refractivity contribution in [2.24, 2.45) is 11.7 Å². The number of fused-ring (bicyclic) bond motifs is 1. The van der Waals surface area contributed by atoms with Crippen molar-refractivity contribution in [2.75, 3.05) is 23.8 Å². The van der Waals surface area contributed by atoms with Gasteiger partial charge >= 0.3 is 0 Å². The number of nitrogens with two attached hydrogens (primary N) is 1. The first kappa shape index (κ1) is 23.7. The molecule has 9 nitrogen and oxygen atoms in total. The predicted molar refractivity (Wildman–Crippen MR) is 128 cm³/mol. The summed E-state index contributed by atoms with van der Waals surface area (Å²) in [7, 11) is 0. The Balaban J connectivity index is 1.52. The average molecular weight is 506 g/mol. The van der Waals surface area contributed by atoms with Crippen molar-refractivity contribution < 1.29 is 18.3 Å². The van der Waals surface area contributed by atoms with Crippen LogP contribution < -0.4 is 16.4 Å². The van der Waals surface area contributed by atoms with Gasteiger partial charge in [0.15, 0.2) is 17.3 Å². The molecule has 0 spiro atoms. The molecule has 3 aromatic rings. The van der Waals surface area contributed by atoms with E-state index in [9.17, 15) is 13.6 Å². The second-order valence-corrected chi connectivity index (χ2v) is 9.48. The van der Waals surface area contributed by atoms with Gasteiger partial charge in [0, 0.05) is 23.6 Å². The van der Waals surface area contributed by atoms with Gasteiger partial charge in [-0.2, -0.15) is 4.98 Å². The zero-order chi connectivity index (χ0) is 24.5. The van der Waals surface area contributed by atoms with Gasteiger partial charge in [0.05, 0.1) is 18.8 Å². The summed E-state index contributed by atoms with van der Waals surface area (Å²) in [4.78, 5) is 25.3. The number of halogens is 3. The molecule has 1 saturated carbocycles. The van der Waals surface area contributed by atoms with Crippen LogP contribution in [0.2, 0.25) is 5.02 Å². The molecule has 12 heteroatoms. The number of carbonyl (C=O) groups is 1. The highest BCUT2D eigenvalue weighted by Crippen LogP contribution is 2.37. The van der Waals surface area contributed by atoms with Gasteiger partial charge in [0.1, 0.15) is 11.2 Å². The number of primary amides is 1. The second kappa shape index (κ2) is 9.90. The number of ether oxygens (including phenoxy) is 1. The third kappa shape index (κ3) is 5.01. The minimum absolute atomic E-state index is 0.0443. The van der Waals surface area contributed by atoms with Crippen LogP contribution in [0.4, 0.5) is 26.4 Å². The molecule has 2 aliphatic rings. The Bertz CT molecular complexity index is 1220. The number of nitrogens with one attached hydrogen (secondary N) is 2. The van der Waals surface area contributed by atoms with E-state index in [0.29, 0.717) is 49.4 Å². The quantitative estimate of drug-likeness (QED) is 0.456. The maximum absolute atomic E-state index is 14.6. The lowest BCUT2D eigenvalue weighted by Crippen LogP contribution is -2.31. The summed E-state index contributed by atoms with van der Waals surface area (Å²) in [5.74, 6) is -1.52. The molecule has 1 saturated heterocycles. The summed E-state index contributed by atoms with van der Waals surface area (Å²) < 4.78 is 36.5. The Labute approximate surface area is 205 Å². The summed E-state index contributed by atoms with van der Waals surface area (Å²) >= 11 is 5.78. The van der Waals surface area contributed by atoms with Crippen LogP contribution in [-0.4, -0.2) is 44.7 Å². The number of carbonyl (C=O) groups excluding carboxylic acids is 1. The van der Waals surface area contributed by atoms with Gasteiger partial charge in [-0.05, 0) is 50.7 Å². The fraction of sp³-hybridized carbons (Fsp3) is 0.478. The van der Waals surface area contributed by atoms with Crippen molar-refractivity contribution >= 4 is 46.3 Å². The van der Waals surface area contributed by atoms with E-state index >= 15 is 0 Å². The van der Waals surface area contributed by atoms with E-state index in [1.54, 1.807) is 6.20 Å². The van der Waals surface area contributed by atoms with E-state index < -0.39 is 11.6 Å². The van der Waals surface area contributed by atoms with E-state index in [4.69, 9.17) is 27.1 Å². The minimum Gasteiger partial charge on any atom is -0.379 e. The molecule has 0 radical (unpaired) electrons. The first-order chi connectivity index (χ1) is 16.9. The lowest BCUT2D eigenvalue weighted by Gasteiger charge is -2.29. The van der Waals surface area contributed by atoms with Gasteiger partial charge < -0.3 is 21.1 Å². The Morgan fingerprint density at radius 2 is 1.89 bits per heavy atom. The van der Waals surface area contributed by atoms with E-state index in [1.807, 2.05) is 4.57 Å². The van der Waals surface area contributed by atoms with Gasteiger partial charge in [0.25, 0.3) is 0 Å². The van der Waals surface area contributed by atoms with Crippen molar-refractivity contribution in [2.45, 2.75) is 50.6 Å². The summed E-state index contributed by atoms with van der Waals surface area (Å²) in [5.41, 5.74) is 6.15. The lowest BCUT2D eigenvalue weighted by atomic mass is 9.85. The molecule has 0 unspecified atom stereocenters. The average Bonchev–Trinajstić information content (AvgIpc) is 3.19. The maximum atomic E-state index is 14.6. The number of amides is 1. The van der Waals surface area contributed by atoms with Crippen molar-refractivity contribution in [1.29, 1.82) is 0 Å². The molecule has 1 amide bonds. The summed E-state index contributed by atoms with van der Waals surface area (Å²) in [6.07, 6.45) is 5.98. The SMILES string of the molecule is NC(=O)[C@H]1CC[C@H](n2c(Nc3c(F)cc(Cl)cc3F)nc3cnc(N[C@@H]4CCCOC4)nc32)CC1. The molecule has 2 fully saturated rings. The third-order valence-electron chi connectivity index (χ3n) is 6.63. The topological polar surface area (TPSA) is 120 Å². The third-order valence-corrected chi connectivity index (χ3v) is 6.85. The molecule has 4 N–H and O–H groups in total. The normalized spacial score (nSPS) is 22.8. The number of imidazole rings is 1.